The van der Waals surface area contributed by atoms with Crippen LogP contribution in [0, 0.1) is 0 Å². The molecular weight excluding hydrogens is 436 g/mol. The van der Waals surface area contributed by atoms with Crippen molar-refractivity contribution in [1.29, 1.82) is 0 Å². The van der Waals surface area contributed by atoms with Crippen LogP contribution in [0.5, 0.6) is 11.5 Å². The van der Waals surface area contributed by atoms with Crippen LogP contribution < -0.4 is 9.47 Å². The number of aromatic nitrogens is 2. The van der Waals surface area contributed by atoms with Crippen LogP contribution in [0.1, 0.15) is 39.5 Å². The predicted octanol–water partition coefficient (Wildman–Crippen LogP) is 6.40. The zero-order valence-electron chi connectivity index (χ0n) is 18.7. The smallest absolute Gasteiger partial charge is 0.335 e. The van der Waals surface area contributed by atoms with E-state index in [1.54, 1.807) is 36.4 Å². The van der Waals surface area contributed by atoms with Gasteiger partial charge >= 0.3 is 11.9 Å². The van der Waals surface area contributed by atoms with E-state index in [2.05, 4.69) is 10.2 Å². The van der Waals surface area contributed by atoms with E-state index in [1.165, 1.54) is 23.5 Å². The van der Waals surface area contributed by atoms with Crippen LogP contribution in [0.3, 0.4) is 0 Å². The van der Waals surface area contributed by atoms with Crippen LogP contribution in [0.2, 0.25) is 0 Å². The van der Waals surface area contributed by atoms with Crippen molar-refractivity contribution in [2.75, 3.05) is 0 Å². The van der Waals surface area contributed by atoms with E-state index in [1.807, 2.05) is 38.1 Å². The van der Waals surface area contributed by atoms with Crippen LogP contribution in [-0.2, 0) is 9.59 Å². The van der Waals surface area contributed by atoms with Crippen molar-refractivity contribution < 1.29 is 19.1 Å². The normalized spacial score (nSPS) is 11.2. The summed E-state index contributed by atoms with van der Waals surface area (Å²) in [4.78, 5) is 23.6. The van der Waals surface area contributed by atoms with E-state index in [-0.39, 0.29) is 11.9 Å². The standard InChI is InChI=1S/C26H26N2O4S/c1-3-5-7-9-23(29)31-21-15-11-19(12-16-21)25-27-28-26(33-25)20-13-17-22(18-14-20)32-24(30)10-8-6-4-2/h7-18H,3-6H2,1-2H3. The lowest BCUT2D eigenvalue weighted by atomic mass is 10.2. The van der Waals surface area contributed by atoms with Gasteiger partial charge < -0.3 is 9.47 Å². The molecular formula is C26H26N2O4S. The number of hydrogen-bond acceptors (Lipinski definition) is 7. The number of unbranched alkanes of at least 4 members (excludes halogenated alkanes) is 2. The third-order valence-corrected chi connectivity index (χ3v) is 5.50. The first-order valence-corrected chi connectivity index (χ1v) is 11.7. The summed E-state index contributed by atoms with van der Waals surface area (Å²) in [5.74, 6) is 0.176. The third-order valence-electron chi connectivity index (χ3n) is 4.48. The van der Waals surface area contributed by atoms with Gasteiger partial charge in [-0.05, 0) is 61.4 Å². The number of nitrogens with zero attached hydrogens (tertiary/aromatic N) is 2. The zero-order chi connectivity index (χ0) is 23.5. The summed E-state index contributed by atoms with van der Waals surface area (Å²) in [7, 11) is 0. The van der Waals surface area contributed by atoms with E-state index in [0.29, 0.717) is 11.5 Å². The molecule has 0 atom stereocenters. The van der Waals surface area contributed by atoms with Crippen molar-refractivity contribution in [2.24, 2.45) is 0 Å². The fourth-order valence-corrected chi connectivity index (χ4v) is 3.63. The molecule has 0 saturated heterocycles. The summed E-state index contributed by atoms with van der Waals surface area (Å²) in [5.41, 5.74) is 1.76. The molecule has 1 aromatic heterocycles. The maximum absolute atomic E-state index is 11.8. The highest BCUT2D eigenvalue weighted by Gasteiger charge is 2.10. The lowest BCUT2D eigenvalue weighted by molar-refractivity contribution is -0.129. The highest BCUT2D eigenvalue weighted by molar-refractivity contribution is 7.17. The Morgan fingerprint density at radius 3 is 1.48 bits per heavy atom. The number of allylic oxidation sites excluding steroid dienone is 2. The van der Waals surface area contributed by atoms with Gasteiger partial charge in [-0.2, -0.15) is 0 Å². The van der Waals surface area contributed by atoms with Crippen LogP contribution >= 0.6 is 11.3 Å². The minimum atomic E-state index is -0.388. The van der Waals surface area contributed by atoms with E-state index >= 15 is 0 Å². The van der Waals surface area contributed by atoms with E-state index in [0.717, 1.165) is 46.8 Å². The van der Waals surface area contributed by atoms with E-state index in [4.69, 9.17) is 9.47 Å². The fraction of sp³-hybridized carbons (Fsp3) is 0.231. The van der Waals surface area contributed by atoms with Gasteiger partial charge in [0.1, 0.15) is 21.5 Å². The lowest BCUT2D eigenvalue weighted by Crippen LogP contribution is -2.03. The monoisotopic (exact) mass is 462 g/mol. The third kappa shape index (κ3) is 7.50. The van der Waals surface area contributed by atoms with Gasteiger partial charge in [0.2, 0.25) is 0 Å². The average Bonchev–Trinajstić information content (AvgIpc) is 3.31. The van der Waals surface area contributed by atoms with Crippen molar-refractivity contribution in [3.05, 3.63) is 72.8 Å². The summed E-state index contributed by atoms with van der Waals surface area (Å²) in [5, 5.41) is 10.0. The number of rotatable bonds is 10. The first kappa shape index (κ1) is 24.1. The Balaban J connectivity index is 1.61. The molecule has 3 aromatic rings. The van der Waals surface area contributed by atoms with Crippen LogP contribution in [-0.4, -0.2) is 22.1 Å². The van der Waals surface area contributed by atoms with Crippen LogP contribution in [0.15, 0.2) is 72.8 Å². The number of carbonyl (C=O) groups excluding carboxylic acids is 2. The summed E-state index contributed by atoms with van der Waals surface area (Å²) >= 11 is 1.45. The van der Waals surface area contributed by atoms with Crippen LogP contribution in [0.25, 0.3) is 21.1 Å². The number of ether oxygens (including phenoxy) is 2. The molecule has 0 aliphatic carbocycles. The predicted molar refractivity (Wildman–Crippen MR) is 130 cm³/mol. The lowest BCUT2D eigenvalue weighted by Gasteiger charge is -2.02. The van der Waals surface area contributed by atoms with Gasteiger partial charge in [-0.3, -0.25) is 0 Å². The second kappa shape index (κ2) is 12.5. The second-order valence-corrected chi connectivity index (χ2v) is 8.16. The van der Waals surface area contributed by atoms with Gasteiger partial charge in [0.25, 0.3) is 0 Å². The number of benzene rings is 2. The highest BCUT2D eigenvalue weighted by atomic mass is 32.1. The summed E-state index contributed by atoms with van der Waals surface area (Å²) in [6.07, 6.45) is 10.2. The Kier molecular flexibility index (Phi) is 9.08. The Hall–Kier alpha value is -3.58. The molecule has 2 aromatic carbocycles. The van der Waals surface area contributed by atoms with Crippen molar-refractivity contribution in [2.45, 2.75) is 39.5 Å². The maximum Gasteiger partial charge on any atom is 0.335 e. The Labute approximate surface area is 197 Å². The van der Waals surface area contributed by atoms with Gasteiger partial charge in [-0.25, -0.2) is 9.59 Å². The Morgan fingerprint density at radius 2 is 1.12 bits per heavy atom. The molecule has 0 radical (unpaired) electrons. The summed E-state index contributed by atoms with van der Waals surface area (Å²) < 4.78 is 10.6. The van der Waals surface area contributed by atoms with Crippen molar-refractivity contribution in [1.82, 2.24) is 10.2 Å². The van der Waals surface area contributed by atoms with Gasteiger partial charge in [0, 0.05) is 23.3 Å². The molecule has 3 rings (SSSR count). The molecule has 0 unspecified atom stereocenters. The summed E-state index contributed by atoms with van der Waals surface area (Å²) in [6.45, 7) is 4.10. The largest absolute Gasteiger partial charge is 0.423 e. The average molecular weight is 463 g/mol. The first-order chi connectivity index (χ1) is 16.1. The van der Waals surface area contributed by atoms with Crippen LogP contribution in [0.4, 0.5) is 0 Å². The number of esters is 2. The number of hydrogen-bond donors (Lipinski definition) is 0. The molecule has 1 heterocycles. The van der Waals surface area contributed by atoms with E-state index in [9.17, 15) is 9.59 Å². The molecule has 0 spiro atoms. The molecule has 0 amide bonds. The quantitative estimate of drug-likeness (QED) is 0.197. The first-order valence-electron chi connectivity index (χ1n) is 10.9. The van der Waals surface area contributed by atoms with Crippen molar-refractivity contribution in [3.8, 4) is 32.6 Å². The second-order valence-electron chi connectivity index (χ2n) is 7.19. The van der Waals surface area contributed by atoms with Crippen molar-refractivity contribution >= 4 is 23.3 Å². The molecule has 0 bridgehead atoms. The molecule has 170 valence electrons. The van der Waals surface area contributed by atoms with Crippen molar-refractivity contribution in [3.63, 3.8) is 0 Å². The Bertz CT molecular complexity index is 1030. The number of carbonyl (C=O) groups is 2. The fourth-order valence-electron chi connectivity index (χ4n) is 2.78. The zero-order valence-corrected chi connectivity index (χ0v) is 19.5. The molecule has 6 nitrogen and oxygen atoms in total. The molecule has 0 saturated carbocycles. The molecule has 0 aliphatic heterocycles. The van der Waals surface area contributed by atoms with E-state index < -0.39 is 0 Å². The molecule has 0 N–H and O–H groups in total. The Morgan fingerprint density at radius 1 is 0.727 bits per heavy atom. The molecule has 33 heavy (non-hydrogen) atoms. The maximum atomic E-state index is 11.8. The molecule has 0 aliphatic rings. The van der Waals surface area contributed by atoms with Gasteiger partial charge in [-0.1, -0.05) is 50.2 Å². The van der Waals surface area contributed by atoms with Gasteiger partial charge in [0.15, 0.2) is 0 Å². The molecule has 7 heteroatoms. The summed E-state index contributed by atoms with van der Waals surface area (Å²) in [6, 6.07) is 14.3. The van der Waals surface area contributed by atoms with Gasteiger partial charge in [-0.15, -0.1) is 10.2 Å². The SMILES string of the molecule is CCCC=CC(=O)Oc1ccc(-c2nnc(-c3ccc(OC(=O)C=CCCC)cc3)s2)cc1. The minimum Gasteiger partial charge on any atom is -0.423 e. The molecule has 0 fully saturated rings. The minimum absolute atomic E-state index is 0.388. The highest BCUT2D eigenvalue weighted by Crippen LogP contribution is 2.31. The van der Waals surface area contributed by atoms with Gasteiger partial charge in [0.05, 0.1) is 0 Å². The topological polar surface area (TPSA) is 78.4 Å².